The average molecular weight is 285 g/mol. The minimum Gasteiger partial charge on any atom is -0.664 e. The first-order valence-corrected chi connectivity index (χ1v) is 3.12. The van der Waals surface area contributed by atoms with E-state index in [-0.39, 0.29) is 38.6 Å². The predicted molar refractivity (Wildman–Crippen MR) is 38.0 cm³/mol. The van der Waals surface area contributed by atoms with Gasteiger partial charge in [0.15, 0.2) is 0 Å². The van der Waals surface area contributed by atoms with Crippen molar-refractivity contribution in [1.29, 1.82) is 0 Å². The van der Waals surface area contributed by atoms with Gasteiger partial charge in [0.05, 0.1) is 5.91 Å². The first-order chi connectivity index (χ1) is 4.18. The van der Waals surface area contributed by atoms with E-state index in [1.54, 1.807) is 0 Å². The summed E-state index contributed by atoms with van der Waals surface area (Å²) in [6.45, 7) is 5.50. The van der Waals surface area contributed by atoms with Gasteiger partial charge in [-0.1, -0.05) is 19.9 Å². The number of unbranched alkanes of at least 4 members (excludes halogenated alkanes) is 1. The van der Waals surface area contributed by atoms with Crippen molar-refractivity contribution in [2.75, 3.05) is 0 Å². The Balaban J connectivity index is 0. The normalized spacial score (nSPS) is 8.10. The maximum atomic E-state index is 10.2. The fourth-order valence-electron chi connectivity index (χ4n) is 0.504. The Morgan fingerprint density at radius 2 is 2.10 bits per heavy atom. The van der Waals surface area contributed by atoms with Gasteiger partial charge < -0.3 is 10.5 Å². The fraction of sp³-hybridized carbons (Fsp3) is 0.571. The summed E-state index contributed by atoms with van der Waals surface area (Å²) in [5.74, 6) is -0.622. The zero-order valence-corrected chi connectivity index (χ0v) is 8.21. The molecule has 10 heavy (non-hydrogen) atoms. The van der Waals surface area contributed by atoms with Crippen LogP contribution in [-0.2, 0) is 4.79 Å². The van der Waals surface area contributed by atoms with Crippen LogP contribution >= 0.6 is 0 Å². The molecule has 0 saturated carbocycles. The maximum Gasteiger partial charge on any atom is 0.0749 e. The third-order valence-electron chi connectivity index (χ3n) is 1.15. The Morgan fingerprint density at radius 3 is 2.40 bits per heavy atom. The molecule has 0 aliphatic carbocycles. The van der Waals surface area contributed by atoms with Gasteiger partial charge in [0, 0.05) is 38.6 Å². The second kappa shape index (κ2) is 7.60. The Kier molecular flexibility index (Phi) is 9.97. The van der Waals surface area contributed by atoms with Crippen molar-refractivity contribution >= 4 is 5.91 Å². The molecule has 0 aromatic heterocycles. The summed E-state index contributed by atoms with van der Waals surface area (Å²) in [6.07, 6.45) is 2.69. The smallest absolute Gasteiger partial charge is 0.0749 e. The van der Waals surface area contributed by atoms with E-state index in [1.165, 1.54) is 0 Å². The Hall–Kier alpha value is 0.496. The van der Waals surface area contributed by atoms with Crippen LogP contribution < -0.4 is 0 Å². The number of rotatable bonds is 4. The van der Waals surface area contributed by atoms with E-state index in [9.17, 15) is 4.79 Å². The van der Waals surface area contributed by atoms with Gasteiger partial charge >= 0.3 is 0 Å². The molecule has 0 rings (SSSR count). The van der Waals surface area contributed by atoms with Crippen molar-refractivity contribution in [3.63, 3.8) is 0 Å². The van der Waals surface area contributed by atoms with Crippen molar-refractivity contribution in [2.24, 2.45) is 0 Å². The molecule has 0 aromatic rings. The monoisotopic (exact) mass is 285 g/mol. The SMILES string of the molecule is C=C(CCCC)C([NH-])=O.[Tb]. The van der Waals surface area contributed by atoms with Gasteiger partial charge in [-0.25, -0.2) is 0 Å². The van der Waals surface area contributed by atoms with Crippen LogP contribution in [0.3, 0.4) is 0 Å². The molecular formula is C7H12NOTb-. The van der Waals surface area contributed by atoms with Gasteiger partial charge in [0.2, 0.25) is 0 Å². The molecule has 0 aromatic carbocycles. The van der Waals surface area contributed by atoms with Crippen LogP contribution in [-0.4, -0.2) is 5.91 Å². The van der Waals surface area contributed by atoms with E-state index in [4.69, 9.17) is 5.73 Å². The van der Waals surface area contributed by atoms with Crippen LogP contribution in [0, 0.1) is 38.6 Å². The van der Waals surface area contributed by atoms with Crippen molar-refractivity contribution in [3.05, 3.63) is 17.9 Å². The summed E-state index contributed by atoms with van der Waals surface area (Å²) in [7, 11) is 0. The molecule has 1 amide bonds. The second-order valence-electron chi connectivity index (χ2n) is 2.04. The summed E-state index contributed by atoms with van der Waals surface area (Å²) in [6, 6.07) is 0. The maximum absolute atomic E-state index is 10.2. The summed E-state index contributed by atoms with van der Waals surface area (Å²) in [5.41, 5.74) is 7.05. The molecule has 0 heterocycles. The summed E-state index contributed by atoms with van der Waals surface area (Å²) in [4.78, 5) is 10.2. The van der Waals surface area contributed by atoms with Crippen LogP contribution in [0.15, 0.2) is 12.2 Å². The molecule has 0 aliphatic heterocycles. The Labute approximate surface area is 92.7 Å². The summed E-state index contributed by atoms with van der Waals surface area (Å²) < 4.78 is 0. The molecule has 0 fully saturated rings. The fourth-order valence-corrected chi connectivity index (χ4v) is 0.504. The van der Waals surface area contributed by atoms with Crippen LogP contribution in [0.5, 0.6) is 0 Å². The number of hydrogen-bond donors (Lipinski definition) is 0. The zero-order valence-electron chi connectivity index (χ0n) is 6.07. The third kappa shape index (κ3) is 6.61. The number of amides is 1. The van der Waals surface area contributed by atoms with E-state index in [0.717, 1.165) is 12.8 Å². The zero-order chi connectivity index (χ0) is 7.28. The molecule has 0 spiro atoms. The first-order valence-electron chi connectivity index (χ1n) is 3.12. The molecule has 1 N–H and O–H groups in total. The van der Waals surface area contributed by atoms with E-state index in [2.05, 4.69) is 6.58 Å². The van der Waals surface area contributed by atoms with E-state index in [1.807, 2.05) is 6.92 Å². The van der Waals surface area contributed by atoms with Crippen LogP contribution in [0.4, 0.5) is 0 Å². The average Bonchev–Trinajstić information content (AvgIpc) is 1.82. The summed E-state index contributed by atoms with van der Waals surface area (Å²) >= 11 is 0. The van der Waals surface area contributed by atoms with E-state index < -0.39 is 5.91 Å². The first kappa shape index (κ1) is 13.1. The van der Waals surface area contributed by atoms with E-state index in [0.29, 0.717) is 12.0 Å². The second-order valence-corrected chi connectivity index (χ2v) is 2.04. The Bertz CT molecular complexity index is 123. The molecule has 61 valence electrons. The van der Waals surface area contributed by atoms with E-state index >= 15 is 0 Å². The van der Waals surface area contributed by atoms with Crippen molar-refractivity contribution in [1.82, 2.24) is 0 Å². The quantitative estimate of drug-likeness (QED) is 0.731. The topological polar surface area (TPSA) is 40.9 Å². The minimum absolute atomic E-state index is 0. The minimum atomic E-state index is -0.622. The molecule has 0 saturated heterocycles. The third-order valence-corrected chi connectivity index (χ3v) is 1.15. The standard InChI is InChI=1S/C7H13NO.Tb/c1-3-4-5-6(2)7(8)9;/h2-5H2,1H3,(H2,8,9);/p-1. The molecule has 0 unspecified atom stereocenters. The van der Waals surface area contributed by atoms with Crippen molar-refractivity contribution in [3.8, 4) is 0 Å². The van der Waals surface area contributed by atoms with Gasteiger partial charge in [-0.05, 0) is 18.4 Å². The number of nitrogens with one attached hydrogen (secondary N) is 1. The molecule has 0 aliphatic rings. The van der Waals surface area contributed by atoms with Crippen LogP contribution in [0.1, 0.15) is 26.2 Å². The van der Waals surface area contributed by atoms with Gasteiger partial charge in [0.1, 0.15) is 0 Å². The molecule has 2 nitrogen and oxygen atoms in total. The molecule has 3 heteroatoms. The number of carbonyl (C=O) groups is 1. The Morgan fingerprint density at radius 1 is 1.60 bits per heavy atom. The predicted octanol–water partition coefficient (Wildman–Crippen LogP) is 2.31. The summed E-state index contributed by atoms with van der Waals surface area (Å²) in [5, 5.41) is 0. The molecule has 1 radical (unpaired) electrons. The number of hydrogen-bond acceptors (Lipinski definition) is 1. The van der Waals surface area contributed by atoms with Gasteiger partial charge in [-0.2, -0.15) is 0 Å². The van der Waals surface area contributed by atoms with Gasteiger partial charge in [-0.3, -0.25) is 0 Å². The van der Waals surface area contributed by atoms with Gasteiger partial charge in [-0.15, -0.1) is 0 Å². The van der Waals surface area contributed by atoms with Crippen LogP contribution in [0.25, 0.3) is 5.73 Å². The van der Waals surface area contributed by atoms with Crippen molar-refractivity contribution < 1.29 is 43.4 Å². The van der Waals surface area contributed by atoms with Crippen molar-refractivity contribution in [2.45, 2.75) is 26.2 Å². The number of carbonyl (C=O) groups excluding carboxylic acids is 1. The molecule has 0 atom stereocenters. The van der Waals surface area contributed by atoms with Crippen LogP contribution in [0.2, 0.25) is 0 Å². The molecule has 0 bridgehead atoms. The molecular weight excluding hydrogens is 273 g/mol. The van der Waals surface area contributed by atoms with Gasteiger partial charge in [0.25, 0.3) is 0 Å². The largest absolute Gasteiger partial charge is 0.664 e.